The summed E-state index contributed by atoms with van der Waals surface area (Å²) >= 11 is 0. The minimum absolute atomic E-state index is 0.139. The number of hydrogen-bond donors (Lipinski definition) is 3. The Labute approximate surface area is 96.9 Å². The van der Waals surface area contributed by atoms with E-state index in [2.05, 4.69) is 12.1 Å². The van der Waals surface area contributed by atoms with Crippen LogP contribution < -0.4 is 5.73 Å². The zero-order chi connectivity index (χ0) is 12.0. The summed E-state index contributed by atoms with van der Waals surface area (Å²) in [4.78, 5) is 0. The van der Waals surface area contributed by atoms with Crippen LogP contribution in [0.4, 0.5) is 0 Å². The molecule has 90 valence electrons. The van der Waals surface area contributed by atoms with Crippen molar-refractivity contribution >= 4 is 0 Å². The quantitative estimate of drug-likeness (QED) is 0.663. The van der Waals surface area contributed by atoms with Crippen LogP contribution in [-0.4, -0.2) is 29.5 Å². The molecule has 4 N–H and O–H groups in total. The SMILES string of the molecule is C[C@@H](N)Cc1ccc(CCO)c(CCO)c1. The van der Waals surface area contributed by atoms with Gasteiger partial charge in [-0.25, -0.2) is 0 Å². The molecule has 0 aliphatic heterocycles. The van der Waals surface area contributed by atoms with Crippen LogP contribution in [0.25, 0.3) is 0 Å². The Kier molecular flexibility index (Phi) is 5.46. The summed E-state index contributed by atoms with van der Waals surface area (Å²) in [6, 6.07) is 6.31. The molecular weight excluding hydrogens is 202 g/mol. The van der Waals surface area contributed by atoms with E-state index in [1.807, 2.05) is 13.0 Å². The maximum Gasteiger partial charge on any atom is 0.0471 e. The Morgan fingerprint density at radius 1 is 1.12 bits per heavy atom. The Hall–Kier alpha value is -0.900. The van der Waals surface area contributed by atoms with Gasteiger partial charge in [0.1, 0.15) is 0 Å². The lowest BCUT2D eigenvalue weighted by Crippen LogP contribution is -2.18. The zero-order valence-corrected chi connectivity index (χ0v) is 9.82. The van der Waals surface area contributed by atoms with E-state index in [0.717, 1.165) is 17.5 Å². The van der Waals surface area contributed by atoms with Crippen LogP contribution in [-0.2, 0) is 19.3 Å². The minimum atomic E-state index is 0.139. The Morgan fingerprint density at radius 3 is 2.31 bits per heavy atom. The van der Waals surface area contributed by atoms with Crippen LogP contribution in [0.2, 0.25) is 0 Å². The third kappa shape index (κ3) is 3.93. The third-order valence-electron chi connectivity index (χ3n) is 2.59. The molecule has 0 aliphatic carbocycles. The van der Waals surface area contributed by atoms with Gasteiger partial charge in [-0.2, -0.15) is 0 Å². The van der Waals surface area contributed by atoms with Crippen molar-refractivity contribution in [2.75, 3.05) is 13.2 Å². The molecule has 0 unspecified atom stereocenters. The van der Waals surface area contributed by atoms with Crippen LogP contribution in [0.3, 0.4) is 0 Å². The molecule has 0 aliphatic rings. The van der Waals surface area contributed by atoms with Crippen molar-refractivity contribution in [3.63, 3.8) is 0 Å². The first kappa shape index (κ1) is 13.2. The summed E-state index contributed by atoms with van der Waals surface area (Å²) < 4.78 is 0. The summed E-state index contributed by atoms with van der Waals surface area (Å²) in [5.74, 6) is 0. The van der Waals surface area contributed by atoms with Gasteiger partial charge < -0.3 is 15.9 Å². The van der Waals surface area contributed by atoms with Crippen molar-refractivity contribution < 1.29 is 10.2 Å². The molecular formula is C13H21NO2. The van der Waals surface area contributed by atoms with Gasteiger partial charge in [0.2, 0.25) is 0 Å². The van der Waals surface area contributed by atoms with Gasteiger partial charge in [0.25, 0.3) is 0 Å². The molecule has 0 fully saturated rings. The zero-order valence-electron chi connectivity index (χ0n) is 9.82. The van der Waals surface area contributed by atoms with E-state index in [4.69, 9.17) is 15.9 Å². The molecule has 0 heterocycles. The van der Waals surface area contributed by atoms with Gasteiger partial charge >= 0.3 is 0 Å². The Morgan fingerprint density at radius 2 is 1.75 bits per heavy atom. The van der Waals surface area contributed by atoms with Gasteiger partial charge in [-0.05, 0) is 42.9 Å². The number of benzene rings is 1. The van der Waals surface area contributed by atoms with Crippen molar-refractivity contribution in [3.8, 4) is 0 Å². The second kappa shape index (κ2) is 6.63. The predicted octanol–water partition coefficient (Wildman–Crippen LogP) is 0.646. The lowest BCUT2D eigenvalue weighted by Gasteiger charge is -2.11. The van der Waals surface area contributed by atoms with Gasteiger partial charge in [0.05, 0.1) is 0 Å². The fourth-order valence-electron chi connectivity index (χ4n) is 1.90. The second-order valence-electron chi connectivity index (χ2n) is 4.23. The van der Waals surface area contributed by atoms with Crippen LogP contribution in [0, 0.1) is 0 Å². The molecule has 1 atom stereocenters. The maximum absolute atomic E-state index is 9.00. The molecule has 1 rings (SSSR count). The van der Waals surface area contributed by atoms with Crippen LogP contribution >= 0.6 is 0 Å². The lowest BCUT2D eigenvalue weighted by atomic mass is 9.97. The van der Waals surface area contributed by atoms with Crippen LogP contribution in [0.15, 0.2) is 18.2 Å². The second-order valence-corrected chi connectivity index (χ2v) is 4.23. The highest BCUT2D eigenvalue weighted by Gasteiger charge is 2.05. The topological polar surface area (TPSA) is 66.5 Å². The monoisotopic (exact) mass is 223 g/mol. The highest BCUT2D eigenvalue weighted by atomic mass is 16.3. The molecule has 0 spiro atoms. The summed E-state index contributed by atoms with van der Waals surface area (Å²) in [5, 5.41) is 17.9. The first-order valence-electron chi connectivity index (χ1n) is 5.75. The fourth-order valence-corrected chi connectivity index (χ4v) is 1.90. The van der Waals surface area contributed by atoms with Crippen LogP contribution in [0.1, 0.15) is 23.6 Å². The highest BCUT2D eigenvalue weighted by molar-refractivity contribution is 5.33. The van der Waals surface area contributed by atoms with E-state index in [1.165, 1.54) is 5.56 Å². The Balaban J connectivity index is 2.87. The van der Waals surface area contributed by atoms with E-state index in [-0.39, 0.29) is 19.3 Å². The van der Waals surface area contributed by atoms with Crippen molar-refractivity contribution in [1.82, 2.24) is 0 Å². The molecule has 0 aromatic heterocycles. The van der Waals surface area contributed by atoms with Gasteiger partial charge in [-0.15, -0.1) is 0 Å². The Bertz CT molecular complexity index is 324. The summed E-state index contributed by atoms with van der Waals surface area (Å²) in [5.41, 5.74) is 9.19. The first-order valence-corrected chi connectivity index (χ1v) is 5.75. The smallest absolute Gasteiger partial charge is 0.0471 e. The molecule has 0 amide bonds. The van der Waals surface area contributed by atoms with E-state index in [9.17, 15) is 0 Å². The molecule has 0 saturated carbocycles. The number of hydrogen-bond acceptors (Lipinski definition) is 3. The van der Waals surface area contributed by atoms with E-state index >= 15 is 0 Å². The molecule has 1 aromatic carbocycles. The normalized spacial score (nSPS) is 12.8. The van der Waals surface area contributed by atoms with Crippen molar-refractivity contribution in [2.45, 2.75) is 32.2 Å². The summed E-state index contributed by atoms with van der Waals surface area (Å²) in [6.07, 6.45) is 2.13. The van der Waals surface area contributed by atoms with Crippen molar-refractivity contribution in [2.24, 2.45) is 5.73 Å². The van der Waals surface area contributed by atoms with E-state index < -0.39 is 0 Å². The van der Waals surface area contributed by atoms with Gasteiger partial charge in [-0.1, -0.05) is 18.2 Å². The molecule has 16 heavy (non-hydrogen) atoms. The average molecular weight is 223 g/mol. The van der Waals surface area contributed by atoms with E-state index in [1.54, 1.807) is 0 Å². The fraction of sp³-hybridized carbons (Fsp3) is 0.538. The van der Waals surface area contributed by atoms with Gasteiger partial charge in [0.15, 0.2) is 0 Å². The molecule has 0 bridgehead atoms. The number of nitrogens with two attached hydrogens (primary N) is 1. The molecule has 0 radical (unpaired) electrons. The number of rotatable bonds is 6. The first-order chi connectivity index (χ1) is 7.67. The average Bonchev–Trinajstić information content (AvgIpc) is 2.21. The maximum atomic E-state index is 9.00. The minimum Gasteiger partial charge on any atom is -0.396 e. The number of aliphatic hydroxyl groups excluding tert-OH is 2. The molecule has 3 nitrogen and oxygen atoms in total. The third-order valence-corrected chi connectivity index (χ3v) is 2.59. The van der Waals surface area contributed by atoms with E-state index in [0.29, 0.717) is 12.8 Å². The van der Waals surface area contributed by atoms with Gasteiger partial charge in [-0.3, -0.25) is 0 Å². The van der Waals surface area contributed by atoms with Crippen molar-refractivity contribution in [3.05, 3.63) is 34.9 Å². The largest absolute Gasteiger partial charge is 0.396 e. The number of aliphatic hydroxyl groups is 2. The standard InChI is InChI=1S/C13H21NO2/c1-10(14)8-11-2-3-12(4-6-15)13(9-11)5-7-16/h2-3,9-10,15-16H,4-8,14H2,1H3/t10-/m1/s1. The highest BCUT2D eigenvalue weighted by Crippen LogP contribution is 2.14. The molecule has 1 aromatic rings. The lowest BCUT2D eigenvalue weighted by molar-refractivity contribution is 0.293. The molecule has 0 saturated heterocycles. The van der Waals surface area contributed by atoms with Crippen molar-refractivity contribution in [1.29, 1.82) is 0 Å². The summed E-state index contributed by atoms with van der Waals surface area (Å²) in [7, 11) is 0. The summed E-state index contributed by atoms with van der Waals surface area (Å²) in [6.45, 7) is 2.26. The van der Waals surface area contributed by atoms with Gasteiger partial charge in [0, 0.05) is 19.3 Å². The molecule has 3 heteroatoms. The van der Waals surface area contributed by atoms with Crippen LogP contribution in [0.5, 0.6) is 0 Å². The predicted molar refractivity (Wildman–Crippen MR) is 65.4 cm³/mol.